The Labute approximate surface area is 177 Å². The zero-order valence-electron chi connectivity index (χ0n) is 15.4. The lowest BCUT2D eigenvalue weighted by molar-refractivity contribution is -0.385. The fourth-order valence-electron chi connectivity index (χ4n) is 3.09. The summed E-state index contributed by atoms with van der Waals surface area (Å²) in [5.41, 5.74) is -1.08. The average Bonchev–Trinajstić information content (AvgIpc) is 2.72. The molecule has 11 heteroatoms. The number of carbonyl (C=O) groups is 2. The van der Waals surface area contributed by atoms with Crippen LogP contribution in [0.1, 0.15) is 26.3 Å². The first-order valence-electron chi connectivity index (χ1n) is 8.77. The molecule has 1 aliphatic heterocycles. The molecule has 1 fully saturated rings. The summed E-state index contributed by atoms with van der Waals surface area (Å²) < 4.78 is 38.8. The summed E-state index contributed by atoms with van der Waals surface area (Å²) in [4.78, 5) is 38.5. The second-order valence-electron chi connectivity index (χ2n) is 6.59. The maximum atomic E-state index is 12.9. The molecular weight excluding hydrogens is 471 g/mol. The van der Waals surface area contributed by atoms with Crippen molar-refractivity contribution in [3.05, 3.63) is 73.7 Å². The topological polar surface area (TPSA) is 83.8 Å². The second kappa shape index (κ2) is 8.42. The van der Waals surface area contributed by atoms with E-state index in [0.29, 0.717) is 0 Å². The molecule has 30 heavy (non-hydrogen) atoms. The van der Waals surface area contributed by atoms with E-state index in [4.69, 9.17) is 0 Å². The van der Waals surface area contributed by atoms with Crippen molar-refractivity contribution < 1.29 is 27.7 Å². The van der Waals surface area contributed by atoms with Crippen LogP contribution in [0.15, 0.2) is 46.9 Å². The molecule has 0 spiro atoms. The van der Waals surface area contributed by atoms with Gasteiger partial charge in [0.2, 0.25) is 0 Å². The van der Waals surface area contributed by atoms with Gasteiger partial charge in [-0.15, -0.1) is 0 Å². The predicted octanol–water partition coefficient (Wildman–Crippen LogP) is 3.97. The summed E-state index contributed by atoms with van der Waals surface area (Å²) in [6, 6.07) is 8.24. The maximum Gasteiger partial charge on any atom is 0.416 e. The van der Waals surface area contributed by atoms with E-state index in [-0.39, 0.29) is 47.5 Å². The number of piperazine rings is 1. The van der Waals surface area contributed by atoms with Crippen LogP contribution in [0, 0.1) is 10.1 Å². The van der Waals surface area contributed by atoms with E-state index in [9.17, 15) is 32.9 Å². The number of nitrogens with zero attached hydrogens (tertiary/aromatic N) is 3. The van der Waals surface area contributed by atoms with E-state index in [1.54, 1.807) is 0 Å². The van der Waals surface area contributed by atoms with Gasteiger partial charge in [0.15, 0.2) is 0 Å². The fourth-order valence-corrected chi connectivity index (χ4v) is 3.48. The third kappa shape index (κ3) is 4.61. The van der Waals surface area contributed by atoms with Gasteiger partial charge in [-0.3, -0.25) is 19.7 Å². The Morgan fingerprint density at radius 1 is 0.933 bits per heavy atom. The van der Waals surface area contributed by atoms with Gasteiger partial charge in [-0.1, -0.05) is 6.07 Å². The van der Waals surface area contributed by atoms with Gasteiger partial charge in [0.25, 0.3) is 17.5 Å². The quantitative estimate of drug-likeness (QED) is 0.486. The van der Waals surface area contributed by atoms with Gasteiger partial charge in [-0.2, -0.15) is 13.2 Å². The summed E-state index contributed by atoms with van der Waals surface area (Å²) in [5, 5.41) is 11.0. The normalized spacial score (nSPS) is 14.5. The minimum Gasteiger partial charge on any atom is -0.335 e. The Hall–Kier alpha value is -2.95. The van der Waals surface area contributed by atoms with Crippen LogP contribution in [0.5, 0.6) is 0 Å². The SMILES string of the molecule is O=C(c1cccc(C(F)(F)F)c1)N1CCN(C(=O)c2ccc(Br)c([N+](=O)[O-])c2)CC1. The Morgan fingerprint density at radius 2 is 1.47 bits per heavy atom. The molecular formula is C19H15BrF3N3O4. The molecule has 3 rings (SSSR count). The van der Waals surface area contributed by atoms with Gasteiger partial charge in [-0.05, 0) is 46.3 Å². The van der Waals surface area contributed by atoms with Crippen LogP contribution in [0.2, 0.25) is 0 Å². The van der Waals surface area contributed by atoms with Crippen molar-refractivity contribution in [2.75, 3.05) is 26.2 Å². The van der Waals surface area contributed by atoms with Crippen LogP contribution in [0.4, 0.5) is 18.9 Å². The molecule has 0 aromatic heterocycles. The van der Waals surface area contributed by atoms with Crippen molar-refractivity contribution >= 4 is 33.4 Å². The van der Waals surface area contributed by atoms with Crippen LogP contribution in [0.3, 0.4) is 0 Å². The number of rotatable bonds is 3. The number of carbonyl (C=O) groups excluding carboxylic acids is 2. The third-order valence-corrected chi connectivity index (χ3v) is 5.35. The summed E-state index contributed by atoms with van der Waals surface area (Å²) in [6.07, 6.45) is -4.55. The molecule has 158 valence electrons. The minimum atomic E-state index is -4.55. The third-order valence-electron chi connectivity index (χ3n) is 4.68. The standard InChI is InChI=1S/C19H15BrF3N3O4/c20-15-5-4-13(11-16(15)26(29)30)18(28)25-8-6-24(7-9-25)17(27)12-2-1-3-14(10-12)19(21,22)23/h1-5,10-11H,6-9H2. The lowest BCUT2D eigenvalue weighted by atomic mass is 10.1. The first kappa shape index (κ1) is 21.8. The maximum absolute atomic E-state index is 12.9. The highest BCUT2D eigenvalue weighted by Crippen LogP contribution is 2.30. The van der Waals surface area contributed by atoms with Gasteiger partial charge in [0.05, 0.1) is 15.0 Å². The molecule has 1 heterocycles. The largest absolute Gasteiger partial charge is 0.416 e. The lowest BCUT2D eigenvalue weighted by Gasteiger charge is -2.35. The Bertz CT molecular complexity index is 1000. The van der Waals surface area contributed by atoms with Crippen molar-refractivity contribution in [3.63, 3.8) is 0 Å². The second-order valence-corrected chi connectivity index (χ2v) is 7.44. The van der Waals surface area contributed by atoms with Crippen molar-refractivity contribution in [2.45, 2.75) is 6.18 Å². The number of nitro benzene ring substituents is 1. The number of hydrogen-bond donors (Lipinski definition) is 0. The van der Waals surface area contributed by atoms with Crippen LogP contribution in [-0.2, 0) is 6.18 Å². The number of amides is 2. The van der Waals surface area contributed by atoms with Gasteiger partial charge < -0.3 is 9.80 Å². The van der Waals surface area contributed by atoms with E-state index in [2.05, 4.69) is 15.9 Å². The zero-order chi connectivity index (χ0) is 22.1. The molecule has 0 radical (unpaired) electrons. The van der Waals surface area contributed by atoms with Crippen molar-refractivity contribution in [1.29, 1.82) is 0 Å². The molecule has 1 saturated heterocycles. The van der Waals surface area contributed by atoms with Crippen LogP contribution >= 0.6 is 15.9 Å². The predicted molar refractivity (Wildman–Crippen MR) is 104 cm³/mol. The fraction of sp³-hybridized carbons (Fsp3) is 0.263. The Morgan fingerprint density at radius 3 is 1.97 bits per heavy atom. The molecule has 0 aliphatic carbocycles. The van der Waals surface area contributed by atoms with Gasteiger partial charge in [0, 0.05) is 43.4 Å². The highest BCUT2D eigenvalue weighted by Gasteiger charge is 2.32. The van der Waals surface area contributed by atoms with E-state index in [0.717, 1.165) is 12.1 Å². The number of benzene rings is 2. The number of nitro groups is 1. The van der Waals surface area contributed by atoms with Gasteiger partial charge >= 0.3 is 6.18 Å². The summed E-state index contributed by atoms with van der Waals surface area (Å²) in [7, 11) is 0. The molecule has 2 aromatic rings. The lowest BCUT2D eigenvalue weighted by Crippen LogP contribution is -2.50. The van der Waals surface area contributed by atoms with Crippen LogP contribution in [-0.4, -0.2) is 52.7 Å². The zero-order valence-corrected chi connectivity index (χ0v) is 16.9. The Balaban J connectivity index is 1.68. The van der Waals surface area contributed by atoms with Gasteiger partial charge in [-0.25, -0.2) is 0 Å². The van der Waals surface area contributed by atoms with Crippen molar-refractivity contribution in [2.24, 2.45) is 0 Å². The smallest absolute Gasteiger partial charge is 0.335 e. The van der Waals surface area contributed by atoms with E-state index >= 15 is 0 Å². The number of alkyl halides is 3. The molecule has 2 aromatic carbocycles. The Kier molecular flexibility index (Phi) is 6.11. The molecule has 0 bridgehead atoms. The molecule has 0 unspecified atom stereocenters. The highest BCUT2D eigenvalue weighted by molar-refractivity contribution is 9.10. The molecule has 0 saturated carbocycles. The van der Waals surface area contributed by atoms with E-state index in [1.807, 2.05) is 0 Å². The molecule has 0 N–H and O–H groups in total. The average molecular weight is 486 g/mol. The molecule has 1 aliphatic rings. The van der Waals surface area contributed by atoms with Crippen molar-refractivity contribution in [1.82, 2.24) is 9.80 Å². The molecule has 2 amide bonds. The summed E-state index contributed by atoms with van der Waals surface area (Å²) in [6.45, 7) is 0.597. The van der Waals surface area contributed by atoms with Crippen LogP contribution in [0.25, 0.3) is 0 Å². The first-order valence-corrected chi connectivity index (χ1v) is 9.57. The molecule has 7 nitrogen and oxygen atoms in total. The van der Waals surface area contributed by atoms with Gasteiger partial charge in [0.1, 0.15) is 0 Å². The first-order chi connectivity index (χ1) is 14.1. The number of halogens is 4. The van der Waals surface area contributed by atoms with Crippen LogP contribution < -0.4 is 0 Å². The monoisotopic (exact) mass is 485 g/mol. The number of hydrogen-bond acceptors (Lipinski definition) is 4. The minimum absolute atomic E-state index is 0.0758. The molecule has 0 atom stereocenters. The van der Waals surface area contributed by atoms with Crippen molar-refractivity contribution in [3.8, 4) is 0 Å². The summed E-state index contributed by atoms with van der Waals surface area (Å²) >= 11 is 3.06. The van der Waals surface area contributed by atoms with E-state index < -0.39 is 28.5 Å². The highest BCUT2D eigenvalue weighted by atomic mass is 79.9. The summed E-state index contributed by atoms with van der Waals surface area (Å²) in [5.74, 6) is -0.968. The van der Waals surface area contributed by atoms with E-state index in [1.165, 1.54) is 40.1 Å².